The standard InChI is InChI=1S/C10H11N2O2/c1-12(10(11)14)9(13)7-8-5-3-2-4-6-8/h2-7H,1H3,(H2,11,14). The number of urea groups is 1. The smallest absolute Gasteiger partial charge is 0.321 e. The number of benzene rings is 1. The van der Waals surface area contributed by atoms with E-state index in [0.717, 1.165) is 10.5 Å². The van der Waals surface area contributed by atoms with Crippen LogP contribution in [-0.4, -0.2) is 23.9 Å². The second kappa shape index (κ2) is 4.41. The average Bonchev–Trinajstić information content (AvgIpc) is 2.18. The molecule has 0 saturated carbocycles. The monoisotopic (exact) mass is 191 g/mol. The van der Waals surface area contributed by atoms with Crippen molar-refractivity contribution in [3.8, 4) is 0 Å². The van der Waals surface area contributed by atoms with Gasteiger partial charge in [-0.3, -0.25) is 9.69 Å². The highest BCUT2D eigenvalue weighted by Gasteiger charge is 2.13. The molecule has 1 radical (unpaired) electrons. The van der Waals surface area contributed by atoms with Crippen LogP contribution in [-0.2, 0) is 4.79 Å². The van der Waals surface area contributed by atoms with Gasteiger partial charge in [0, 0.05) is 7.05 Å². The molecule has 0 aliphatic heterocycles. The van der Waals surface area contributed by atoms with E-state index in [0.29, 0.717) is 0 Å². The zero-order valence-corrected chi connectivity index (χ0v) is 7.81. The predicted molar refractivity (Wildman–Crippen MR) is 52.2 cm³/mol. The number of nitrogens with two attached hydrogens (primary N) is 1. The van der Waals surface area contributed by atoms with E-state index < -0.39 is 11.9 Å². The lowest BCUT2D eigenvalue weighted by atomic mass is 10.1. The van der Waals surface area contributed by atoms with Gasteiger partial charge in [-0.1, -0.05) is 30.3 Å². The van der Waals surface area contributed by atoms with E-state index in [-0.39, 0.29) is 0 Å². The zero-order valence-electron chi connectivity index (χ0n) is 7.81. The van der Waals surface area contributed by atoms with Crippen molar-refractivity contribution in [1.29, 1.82) is 0 Å². The number of likely N-dealkylation sites (N-methyl/N-ethyl adjacent to an activating group) is 1. The maximum atomic E-state index is 11.3. The molecule has 0 saturated heterocycles. The lowest BCUT2D eigenvalue weighted by Gasteiger charge is -2.11. The highest BCUT2D eigenvalue weighted by atomic mass is 16.2. The maximum absolute atomic E-state index is 11.3. The largest absolute Gasteiger partial charge is 0.351 e. The summed E-state index contributed by atoms with van der Waals surface area (Å²) < 4.78 is 0. The van der Waals surface area contributed by atoms with Crippen molar-refractivity contribution in [3.05, 3.63) is 42.3 Å². The van der Waals surface area contributed by atoms with Gasteiger partial charge in [0.15, 0.2) is 0 Å². The number of nitrogens with zero attached hydrogens (tertiary/aromatic N) is 1. The van der Waals surface area contributed by atoms with Crippen LogP contribution in [0.15, 0.2) is 30.3 Å². The summed E-state index contributed by atoms with van der Waals surface area (Å²) in [5, 5.41) is 0. The van der Waals surface area contributed by atoms with E-state index in [1.807, 2.05) is 18.2 Å². The van der Waals surface area contributed by atoms with Gasteiger partial charge in [0.1, 0.15) is 0 Å². The van der Waals surface area contributed by atoms with Crippen LogP contribution < -0.4 is 5.73 Å². The Morgan fingerprint density at radius 3 is 2.36 bits per heavy atom. The lowest BCUT2D eigenvalue weighted by molar-refractivity contribution is -0.123. The number of carbonyl (C=O) groups is 2. The minimum atomic E-state index is -0.762. The van der Waals surface area contributed by atoms with Gasteiger partial charge in [0.25, 0.3) is 0 Å². The van der Waals surface area contributed by atoms with E-state index in [2.05, 4.69) is 0 Å². The van der Waals surface area contributed by atoms with Gasteiger partial charge in [0.2, 0.25) is 5.91 Å². The Bertz CT molecular complexity index is 335. The third-order valence-electron chi connectivity index (χ3n) is 1.75. The summed E-state index contributed by atoms with van der Waals surface area (Å²) in [6, 6.07) is 8.24. The highest BCUT2D eigenvalue weighted by Crippen LogP contribution is 2.03. The molecular formula is C10H11N2O2. The third kappa shape index (κ3) is 2.58. The SMILES string of the molecule is CN(C(N)=O)C(=O)[CH]c1ccccc1. The van der Waals surface area contributed by atoms with Crippen LogP contribution in [0, 0.1) is 6.42 Å². The summed E-state index contributed by atoms with van der Waals surface area (Å²) in [6.07, 6.45) is 1.35. The van der Waals surface area contributed by atoms with Crippen molar-refractivity contribution in [3.63, 3.8) is 0 Å². The molecule has 0 heterocycles. The van der Waals surface area contributed by atoms with Gasteiger partial charge < -0.3 is 5.73 Å². The molecule has 0 aromatic heterocycles. The second-order valence-corrected chi connectivity index (χ2v) is 2.79. The summed E-state index contributed by atoms with van der Waals surface area (Å²) in [5.74, 6) is -0.427. The minimum Gasteiger partial charge on any atom is -0.351 e. The molecule has 2 N–H and O–H groups in total. The predicted octanol–water partition coefficient (Wildman–Crippen LogP) is 0.776. The van der Waals surface area contributed by atoms with Crippen molar-refractivity contribution < 1.29 is 9.59 Å². The summed E-state index contributed by atoms with van der Waals surface area (Å²) in [5.41, 5.74) is 5.68. The Hall–Kier alpha value is -1.84. The molecule has 1 rings (SSSR count). The molecular weight excluding hydrogens is 180 g/mol. The van der Waals surface area contributed by atoms with Crippen LogP contribution in [0.4, 0.5) is 4.79 Å². The number of hydrogen-bond donors (Lipinski definition) is 1. The zero-order chi connectivity index (χ0) is 10.6. The normalized spacial score (nSPS) is 9.50. The first-order valence-electron chi connectivity index (χ1n) is 4.08. The van der Waals surface area contributed by atoms with Crippen LogP contribution in [0.25, 0.3) is 0 Å². The fourth-order valence-electron chi connectivity index (χ4n) is 0.897. The van der Waals surface area contributed by atoms with Crippen LogP contribution in [0.1, 0.15) is 5.56 Å². The molecule has 0 atom stereocenters. The molecule has 14 heavy (non-hydrogen) atoms. The molecule has 0 aliphatic rings. The van der Waals surface area contributed by atoms with Crippen molar-refractivity contribution in [2.45, 2.75) is 0 Å². The topological polar surface area (TPSA) is 63.4 Å². The second-order valence-electron chi connectivity index (χ2n) is 2.79. The maximum Gasteiger partial charge on any atom is 0.321 e. The first-order valence-corrected chi connectivity index (χ1v) is 4.08. The molecule has 4 nitrogen and oxygen atoms in total. The summed E-state index contributed by atoms with van der Waals surface area (Å²) in [6.45, 7) is 0. The molecule has 0 spiro atoms. The molecule has 0 aliphatic carbocycles. The van der Waals surface area contributed by atoms with E-state index in [9.17, 15) is 9.59 Å². The van der Waals surface area contributed by atoms with Crippen molar-refractivity contribution in [1.82, 2.24) is 4.90 Å². The van der Waals surface area contributed by atoms with E-state index in [1.54, 1.807) is 12.1 Å². The Kier molecular flexibility index (Phi) is 3.23. The van der Waals surface area contributed by atoms with Crippen molar-refractivity contribution in [2.24, 2.45) is 5.73 Å². The van der Waals surface area contributed by atoms with Gasteiger partial charge in [-0.05, 0) is 5.56 Å². The van der Waals surface area contributed by atoms with Crippen molar-refractivity contribution >= 4 is 11.9 Å². The lowest BCUT2D eigenvalue weighted by Crippen LogP contribution is -2.37. The molecule has 1 aromatic rings. The van der Waals surface area contributed by atoms with Gasteiger partial charge in [0.05, 0.1) is 6.42 Å². The van der Waals surface area contributed by atoms with Gasteiger partial charge >= 0.3 is 6.03 Å². The average molecular weight is 191 g/mol. The molecule has 73 valence electrons. The van der Waals surface area contributed by atoms with E-state index >= 15 is 0 Å². The summed E-state index contributed by atoms with van der Waals surface area (Å²) in [7, 11) is 1.34. The minimum absolute atomic E-state index is 0.427. The molecule has 0 fully saturated rings. The Balaban J connectivity index is 2.62. The Morgan fingerprint density at radius 2 is 1.86 bits per heavy atom. The number of hydrogen-bond acceptors (Lipinski definition) is 2. The van der Waals surface area contributed by atoms with Crippen LogP contribution in [0.5, 0.6) is 0 Å². The molecule has 3 amide bonds. The third-order valence-corrected chi connectivity index (χ3v) is 1.75. The van der Waals surface area contributed by atoms with Gasteiger partial charge in [-0.2, -0.15) is 0 Å². The van der Waals surface area contributed by atoms with Crippen molar-refractivity contribution in [2.75, 3.05) is 7.05 Å². The molecule has 0 unspecified atom stereocenters. The van der Waals surface area contributed by atoms with Crippen LogP contribution >= 0.6 is 0 Å². The van der Waals surface area contributed by atoms with E-state index in [4.69, 9.17) is 5.73 Å². The highest BCUT2D eigenvalue weighted by molar-refractivity contribution is 5.99. The quantitative estimate of drug-likeness (QED) is 0.750. The van der Waals surface area contributed by atoms with E-state index in [1.165, 1.54) is 13.5 Å². The van der Waals surface area contributed by atoms with Crippen LogP contribution in [0.3, 0.4) is 0 Å². The summed E-state index contributed by atoms with van der Waals surface area (Å²) >= 11 is 0. The first-order chi connectivity index (χ1) is 6.61. The molecule has 4 heteroatoms. The van der Waals surface area contributed by atoms with Gasteiger partial charge in [-0.15, -0.1) is 0 Å². The Labute approximate surface area is 82.3 Å². The molecule has 0 bridgehead atoms. The number of carbonyl (C=O) groups excluding carboxylic acids is 2. The number of imide groups is 1. The first kappa shape index (κ1) is 10.2. The van der Waals surface area contributed by atoms with Crippen LogP contribution in [0.2, 0.25) is 0 Å². The number of amides is 3. The number of rotatable bonds is 2. The fraction of sp³-hybridized carbons (Fsp3) is 0.100. The fourth-order valence-corrected chi connectivity index (χ4v) is 0.897. The summed E-state index contributed by atoms with van der Waals surface area (Å²) in [4.78, 5) is 22.8. The Morgan fingerprint density at radius 1 is 1.29 bits per heavy atom. The van der Waals surface area contributed by atoms with Gasteiger partial charge in [-0.25, -0.2) is 4.79 Å². The molecule has 1 aromatic carbocycles. The number of primary amides is 1.